The number of fused-ring (bicyclic) bond motifs is 5. The molecule has 1 aliphatic heterocycles. The molecule has 3 saturated carbocycles. The van der Waals surface area contributed by atoms with E-state index in [0.717, 1.165) is 79.8 Å². The van der Waals surface area contributed by atoms with Crippen LogP contribution < -0.4 is 0 Å². The summed E-state index contributed by atoms with van der Waals surface area (Å²) in [5, 5.41) is 0. The second-order valence-corrected chi connectivity index (χ2v) is 16.6. The first-order valence-electron chi connectivity index (χ1n) is 17.6. The zero-order chi connectivity index (χ0) is 28.7. The van der Waals surface area contributed by atoms with E-state index in [4.69, 9.17) is 4.74 Å². The molecule has 228 valence electrons. The highest BCUT2D eigenvalue weighted by molar-refractivity contribution is 5.69. The number of allylic oxidation sites excluding steroid dienone is 1. The molecule has 3 nitrogen and oxygen atoms in total. The van der Waals surface area contributed by atoms with Gasteiger partial charge in [0.1, 0.15) is 6.10 Å². The number of hydrogen-bond donors (Lipinski definition) is 0. The van der Waals surface area contributed by atoms with Crippen LogP contribution in [-0.2, 0) is 9.53 Å². The van der Waals surface area contributed by atoms with Crippen LogP contribution >= 0.6 is 0 Å². The minimum Gasteiger partial charge on any atom is -0.462 e. The summed E-state index contributed by atoms with van der Waals surface area (Å²) in [6.07, 6.45) is 19.1. The maximum atomic E-state index is 12.9. The Hall–Kier alpha value is -0.830. The number of ether oxygens (including phenoxy) is 1. The summed E-state index contributed by atoms with van der Waals surface area (Å²) >= 11 is 0. The predicted octanol–water partition coefficient (Wildman–Crippen LogP) is 9.31. The Labute approximate surface area is 247 Å². The van der Waals surface area contributed by atoms with Gasteiger partial charge >= 0.3 is 5.97 Å². The van der Waals surface area contributed by atoms with E-state index >= 15 is 0 Å². The number of nitrogens with zero attached hydrogens (tertiary/aromatic N) is 1. The molecule has 0 aromatic heterocycles. The highest BCUT2D eigenvalue weighted by Gasteiger charge is 2.59. The predicted molar refractivity (Wildman–Crippen MR) is 167 cm³/mol. The fourth-order valence-electron chi connectivity index (χ4n) is 11.2. The van der Waals surface area contributed by atoms with Gasteiger partial charge < -0.3 is 9.64 Å². The van der Waals surface area contributed by atoms with Gasteiger partial charge in [0, 0.05) is 26.1 Å². The zero-order valence-corrected chi connectivity index (χ0v) is 27.4. The highest BCUT2D eigenvalue weighted by Crippen LogP contribution is 2.67. The van der Waals surface area contributed by atoms with Gasteiger partial charge in [-0.3, -0.25) is 4.79 Å². The van der Waals surface area contributed by atoms with Crippen molar-refractivity contribution < 1.29 is 9.53 Å². The molecule has 40 heavy (non-hydrogen) atoms. The SMILES string of the molecule is CC(C)CCC[C@@H](C)[C@H]1CC[C@H]2[C@@H]3CC=C4C[C@@H](OC(=O)CCN5C[C@H](C)C[C@H](C)C5)CC[C@]4(C)[C@H]3CC[C@]12C. The minimum atomic E-state index is 0.0294. The smallest absolute Gasteiger partial charge is 0.307 e. The molecule has 1 heterocycles. The van der Waals surface area contributed by atoms with Crippen molar-refractivity contribution in [3.05, 3.63) is 11.6 Å². The summed E-state index contributed by atoms with van der Waals surface area (Å²) in [6, 6.07) is 0. The van der Waals surface area contributed by atoms with Gasteiger partial charge in [0.05, 0.1) is 6.42 Å². The molecule has 0 aromatic rings. The van der Waals surface area contributed by atoms with Gasteiger partial charge in [-0.25, -0.2) is 0 Å². The molecular weight excluding hydrogens is 490 g/mol. The van der Waals surface area contributed by atoms with Gasteiger partial charge in [-0.1, -0.05) is 79.4 Å². The Morgan fingerprint density at radius 3 is 2.48 bits per heavy atom. The van der Waals surface area contributed by atoms with Crippen LogP contribution in [0.3, 0.4) is 0 Å². The summed E-state index contributed by atoms with van der Waals surface area (Å²) in [4.78, 5) is 15.3. The lowest BCUT2D eigenvalue weighted by atomic mass is 9.47. The van der Waals surface area contributed by atoms with Crippen molar-refractivity contribution in [1.29, 1.82) is 0 Å². The third-order valence-corrected chi connectivity index (χ3v) is 13.1. The van der Waals surface area contributed by atoms with Crippen LogP contribution in [-0.4, -0.2) is 36.6 Å². The number of likely N-dealkylation sites (tertiary alicyclic amines) is 1. The van der Waals surface area contributed by atoms with Crippen molar-refractivity contribution >= 4 is 5.97 Å². The molecule has 1 saturated heterocycles. The van der Waals surface area contributed by atoms with Crippen LogP contribution in [0.25, 0.3) is 0 Å². The first-order valence-corrected chi connectivity index (χ1v) is 17.6. The lowest BCUT2D eigenvalue weighted by Crippen LogP contribution is -2.51. The second-order valence-electron chi connectivity index (χ2n) is 16.6. The molecule has 10 atom stereocenters. The Balaban J connectivity index is 1.16. The van der Waals surface area contributed by atoms with Crippen LogP contribution in [0.1, 0.15) is 132 Å². The Bertz CT molecular complexity index is 900. The van der Waals surface area contributed by atoms with Crippen LogP contribution in [0.4, 0.5) is 0 Å². The molecule has 0 unspecified atom stereocenters. The third-order valence-electron chi connectivity index (χ3n) is 13.1. The summed E-state index contributed by atoms with van der Waals surface area (Å²) in [6.45, 7) is 20.4. The molecule has 4 aliphatic carbocycles. The number of piperidine rings is 1. The minimum absolute atomic E-state index is 0.0294. The van der Waals surface area contributed by atoms with Gasteiger partial charge in [-0.2, -0.15) is 0 Å². The molecule has 5 aliphatic rings. The molecular formula is C37H63NO2. The van der Waals surface area contributed by atoms with Crippen molar-refractivity contribution in [3.63, 3.8) is 0 Å². The number of carbonyl (C=O) groups excluding carboxylic acids is 1. The first-order chi connectivity index (χ1) is 19.0. The maximum Gasteiger partial charge on any atom is 0.307 e. The molecule has 0 amide bonds. The average molecular weight is 554 g/mol. The lowest BCUT2D eigenvalue weighted by Gasteiger charge is -2.58. The van der Waals surface area contributed by atoms with E-state index in [1.807, 2.05) is 0 Å². The van der Waals surface area contributed by atoms with Gasteiger partial charge in [0.25, 0.3) is 0 Å². The van der Waals surface area contributed by atoms with Gasteiger partial charge in [0.15, 0.2) is 0 Å². The summed E-state index contributed by atoms with van der Waals surface area (Å²) in [7, 11) is 0. The van der Waals surface area contributed by atoms with Crippen LogP contribution in [0.15, 0.2) is 11.6 Å². The van der Waals surface area contributed by atoms with Crippen LogP contribution in [0, 0.1) is 58.2 Å². The molecule has 0 N–H and O–H groups in total. The summed E-state index contributed by atoms with van der Waals surface area (Å²) < 4.78 is 6.13. The van der Waals surface area contributed by atoms with Crippen molar-refractivity contribution in [1.82, 2.24) is 4.90 Å². The van der Waals surface area contributed by atoms with E-state index in [9.17, 15) is 4.79 Å². The molecule has 4 fully saturated rings. The van der Waals surface area contributed by atoms with Crippen molar-refractivity contribution in [3.8, 4) is 0 Å². The van der Waals surface area contributed by atoms with Crippen LogP contribution in [0.2, 0.25) is 0 Å². The highest BCUT2D eigenvalue weighted by atomic mass is 16.5. The topological polar surface area (TPSA) is 29.5 Å². The average Bonchev–Trinajstić information content (AvgIpc) is 3.24. The number of hydrogen-bond acceptors (Lipinski definition) is 3. The fraction of sp³-hybridized carbons (Fsp3) is 0.919. The normalized spacial score (nSPS) is 42.5. The molecule has 0 radical (unpaired) electrons. The van der Waals surface area contributed by atoms with E-state index in [1.54, 1.807) is 5.57 Å². The van der Waals surface area contributed by atoms with Gasteiger partial charge in [-0.15, -0.1) is 0 Å². The number of carbonyl (C=O) groups is 1. The Morgan fingerprint density at radius 2 is 1.75 bits per heavy atom. The van der Waals surface area contributed by atoms with E-state index < -0.39 is 0 Å². The van der Waals surface area contributed by atoms with E-state index in [2.05, 4.69) is 59.4 Å². The van der Waals surface area contributed by atoms with Crippen molar-refractivity contribution in [2.45, 2.75) is 138 Å². The molecule has 5 rings (SSSR count). The maximum absolute atomic E-state index is 12.9. The zero-order valence-electron chi connectivity index (χ0n) is 27.4. The Morgan fingerprint density at radius 1 is 1.00 bits per heavy atom. The standard InChI is InChI=1S/C37H63NO2/c1-25(2)9-8-10-28(5)32-13-14-33-31-12-11-29-22-30(15-18-36(29,6)34(31)16-19-37(32,33)7)40-35(39)17-20-38-23-26(3)21-27(4)24-38/h11,25-28,30-34H,8-10,12-24H2,1-7H3/t26-,27+,28-,30+,31+,32-,33+,34+,36+,37-/m1/s1. The largest absolute Gasteiger partial charge is 0.462 e. The van der Waals surface area contributed by atoms with Crippen molar-refractivity contribution in [2.75, 3.05) is 19.6 Å². The molecule has 3 heteroatoms. The fourth-order valence-corrected chi connectivity index (χ4v) is 11.2. The summed E-state index contributed by atoms with van der Waals surface area (Å²) in [5.74, 6) is 6.76. The van der Waals surface area contributed by atoms with E-state index in [-0.39, 0.29) is 12.1 Å². The third kappa shape index (κ3) is 6.26. The van der Waals surface area contributed by atoms with Crippen LogP contribution in [0.5, 0.6) is 0 Å². The molecule has 0 aromatic carbocycles. The Kier molecular flexibility index (Phi) is 9.51. The first kappa shape index (κ1) is 30.6. The molecule has 0 spiro atoms. The van der Waals surface area contributed by atoms with Gasteiger partial charge in [-0.05, 0) is 110 Å². The monoisotopic (exact) mass is 553 g/mol. The number of esters is 1. The van der Waals surface area contributed by atoms with E-state index in [0.29, 0.717) is 17.3 Å². The summed E-state index contributed by atoms with van der Waals surface area (Å²) in [5.41, 5.74) is 2.52. The quantitative estimate of drug-likeness (QED) is 0.210. The second kappa shape index (κ2) is 12.4. The van der Waals surface area contributed by atoms with Gasteiger partial charge in [0.2, 0.25) is 0 Å². The van der Waals surface area contributed by atoms with Crippen molar-refractivity contribution in [2.24, 2.45) is 58.2 Å². The lowest BCUT2D eigenvalue weighted by molar-refractivity contribution is -0.152. The molecule has 0 bridgehead atoms. The number of rotatable bonds is 9. The van der Waals surface area contributed by atoms with E-state index in [1.165, 1.54) is 64.2 Å².